The molecule has 7 heteroatoms. The molecule has 0 radical (unpaired) electrons. The largest absolute Gasteiger partial charge is 0.486 e. The van der Waals surface area contributed by atoms with E-state index in [1.54, 1.807) is 23.6 Å². The molecule has 2 aliphatic heterocycles. The highest BCUT2D eigenvalue weighted by Gasteiger charge is 2.33. The van der Waals surface area contributed by atoms with Gasteiger partial charge in [0, 0.05) is 50.3 Å². The summed E-state index contributed by atoms with van der Waals surface area (Å²) < 4.78 is 12.9. The van der Waals surface area contributed by atoms with Gasteiger partial charge in [-0.3, -0.25) is 9.59 Å². The number of benzene rings is 1. The van der Waals surface area contributed by atoms with E-state index in [4.69, 9.17) is 9.47 Å². The number of aryl methyl sites for hydroxylation is 1. The Labute approximate surface area is 176 Å². The number of anilines is 1. The smallest absolute Gasteiger partial charge is 0.254 e. The normalized spacial score (nSPS) is 17.7. The van der Waals surface area contributed by atoms with Gasteiger partial charge in [-0.2, -0.15) is 0 Å². The summed E-state index contributed by atoms with van der Waals surface area (Å²) in [4.78, 5) is 28.7. The van der Waals surface area contributed by atoms with Crippen molar-refractivity contribution in [2.24, 2.45) is 7.05 Å². The summed E-state index contributed by atoms with van der Waals surface area (Å²) >= 11 is 0. The predicted molar refractivity (Wildman–Crippen MR) is 115 cm³/mol. The highest BCUT2D eigenvalue weighted by atomic mass is 16.5. The van der Waals surface area contributed by atoms with E-state index < -0.39 is 0 Å². The third kappa shape index (κ3) is 4.21. The fourth-order valence-corrected chi connectivity index (χ4v) is 4.02. The Bertz CT molecular complexity index is 955. The van der Waals surface area contributed by atoms with Gasteiger partial charge in [0.25, 0.3) is 11.5 Å². The van der Waals surface area contributed by atoms with Crippen LogP contribution >= 0.6 is 0 Å². The summed E-state index contributed by atoms with van der Waals surface area (Å²) in [5.41, 5.74) is 2.58. The van der Waals surface area contributed by atoms with E-state index in [2.05, 4.69) is 4.90 Å². The lowest BCUT2D eigenvalue weighted by Gasteiger charge is -2.39. The number of methoxy groups -OCH3 is 1. The van der Waals surface area contributed by atoms with Crippen LogP contribution in [0.3, 0.4) is 0 Å². The lowest BCUT2D eigenvalue weighted by Crippen LogP contribution is -2.56. The monoisotopic (exact) mass is 411 g/mol. The molecule has 1 amide bonds. The molecule has 2 fully saturated rings. The van der Waals surface area contributed by atoms with Gasteiger partial charge in [-0.05, 0) is 50.1 Å². The Balaban J connectivity index is 1.30. The van der Waals surface area contributed by atoms with E-state index in [0.717, 1.165) is 37.3 Å². The number of carbonyl (C=O) groups excluding carboxylic acids is 1. The molecule has 7 nitrogen and oxygen atoms in total. The van der Waals surface area contributed by atoms with Crippen LogP contribution in [-0.2, 0) is 11.8 Å². The second-order valence-electron chi connectivity index (χ2n) is 8.15. The molecule has 1 aromatic heterocycles. The molecule has 1 aromatic carbocycles. The maximum absolute atomic E-state index is 12.7. The van der Waals surface area contributed by atoms with Crippen molar-refractivity contribution in [3.8, 4) is 5.75 Å². The Kier molecular flexibility index (Phi) is 5.81. The topological polar surface area (TPSA) is 64.0 Å². The zero-order valence-electron chi connectivity index (χ0n) is 17.8. The minimum Gasteiger partial charge on any atom is -0.486 e. The maximum atomic E-state index is 12.7. The number of ether oxygens (including phenoxy) is 2. The predicted octanol–water partition coefficient (Wildman–Crippen LogP) is 2.21. The van der Waals surface area contributed by atoms with E-state index in [1.807, 2.05) is 37.3 Å². The van der Waals surface area contributed by atoms with Crippen LogP contribution in [-0.4, -0.2) is 60.9 Å². The van der Waals surface area contributed by atoms with Gasteiger partial charge in [0.05, 0.1) is 19.2 Å². The molecular weight excluding hydrogens is 382 g/mol. The van der Waals surface area contributed by atoms with Crippen molar-refractivity contribution in [3.05, 3.63) is 58.0 Å². The lowest BCUT2D eigenvalue weighted by atomic mass is 10.1. The molecule has 0 atom stereocenters. The SMILES string of the molecule is COC1CCN(c2ccc(C(=O)N3CC(Oc4cc(C)n(C)c(=O)c4)C3)cc2)CC1. The van der Waals surface area contributed by atoms with Crippen molar-refractivity contribution in [1.82, 2.24) is 9.47 Å². The summed E-state index contributed by atoms with van der Waals surface area (Å²) in [5.74, 6) is 0.578. The average Bonchev–Trinajstić information content (AvgIpc) is 2.74. The first-order valence-corrected chi connectivity index (χ1v) is 10.5. The van der Waals surface area contributed by atoms with Crippen LogP contribution in [0.25, 0.3) is 0 Å². The highest BCUT2D eigenvalue weighted by molar-refractivity contribution is 5.95. The molecule has 0 aliphatic carbocycles. The molecule has 0 N–H and O–H groups in total. The summed E-state index contributed by atoms with van der Waals surface area (Å²) in [7, 11) is 3.51. The highest BCUT2D eigenvalue weighted by Crippen LogP contribution is 2.24. The lowest BCUT2D eigenvalue weighted by molar-refractivity contribution is 0.0176. The summed E-state index contributed by atoms with van der Waals surface area (Å²) in [6, 6.07) is 11.2. The van der Waals surface area contributed by atoms with Crippen molar-refractivity contribution in [2.75, 3.05) is 38.2 Å². The third-order valence-electron chi connectivity index (χ3n) is 6.17. The standard InChI is InChI=1S/C23H29N3O4/c1-16-12-20(13-22(27)24(16)2)30-21-14-26(15-21)23(28)17-4-6-18(7-5-17)25-10-8-19(29-3)9-11-25/h4-7,12-13,19,21H,8-11,14-15H2,1-3H3. The fourth-order valence-electron chi connectivity index (χ4n) is 4.02. The number of amides is 1. The van der Waals surface area contributed by atoms with Gasteiger partial charge < -0.3 is 23.8 Å². The zero-order valence-corrected chi connectivity index (χ0v) is 17.8. The fraction of sp³-hybridized carbons (Fsp3) is 0.478. The number of nitrogens with zero attached hydrogens (tertiary/aromatic N) is 3. The van der Waals surface area contributed by atoms with Crippen LogP contribution in [0, 0.1) is 6.92 Å². The van der Waals surface area contributed by atoms with Crippen LogP contribution in [0.4, 0.5) is 5.69 Å². The third-order valence-corrected chi connectivity index (χ3v) is 6.17. The van der Waals surface area contributed by atoms with Crippen molar-refractivity contribution in [2.45, 2.75) is 32.0 Å². The van der Waals surface area contributed by atoms with Gasteiger partial charge in [0.15, 0.2) is 0 Å². The second-order valence-corrected chi connectivity index (χ2v) is 8.15. The van der Waals surface area contributed by atoms with Crippen molar-refractivity contribution in [1.29, 1.82) is 0 Å². The first-order chi connectivity index (χ1) is 14.4. The Morgan fingerprint density at radius 1 is 1.03 bits per heavy atom. The molecule has 2 aliphatic rings. The van der Waals surface area contributed by atoms with Gasteiger partial charge >= 0.3 is 0 Å². The van der Waals surface area contributed by atoms with E-state index >= 15 is 0 Å². The number of piperidine rings is 1. The van der Waals surface area contributed by atoms with E-state index in [1.165, 1.54) is 6.07 Å². The van der Waals surface area contributed by atoms with Crippen molar-refractivity contribution < 1.29 is 14.3 Å². The summed E-state index contributed by atoms with van der Waals surface area (Å²) in [6.45, 7) is 4.87. The Hall–Kier alpha value is -2.80. The molecule has 160 valence electrons. The van der Waals surface area contributed by atoms with Crippen LogP contribution < -0.4 is 15.2 Å². The summed E-state index contributed by atoms with van der Waals surface area (Å²) in [6.07, 6.45) is 2.33. The maximum Gasteiger partial charge on any atom is 0.254 e. The number of hydrogen-bond donors (Lipinski definition) is 0. The Morgan fingerprint density at radius 3 is 2.30 bits per heavy atom. The first kappa shape index (κ1) is 20.5. The number of carbonyl (C=O) groups is 1. The number of likely N-dealkylation sites (tertiary alicyclic amines) is 1. The van der Waals surface area contributed by atoms with E-state index in [0.29, 0.717) is 30.5 Å². The van der Waals surface area contributed by atoms with Gasteiger partial charge in [-0.25, -0.2) is 0 Å². The number of aromatic nitrogens is 1. The number of hydrogen-bond acceptors (Lipinski definition) is 5. The molecule has 0 saturated carbocycles. The average molecular weight is 412 g/mol. The van der Waals surface area contributed by atoms with Gasteiger partial charge in [0.1, 0.15) is 11.9 Å². The van der Waals surface area contributed by atoms with Gasteiger partial charge in [-0.15, -0.1) is 0 Å². The quantitative estimate of drug-likeness (QED) is 0.755. The molecule has 0 spiro atoms. The number of rotatable bonds is 5. The molecule has 2 saturated heterocycles. The zero-order chi connectivity index (χ0) is 21.3. The van der Waals surface area contributed by atoms with E-state index in [-0.39, 0.29) is 17.6 Å². The molecule has 2 aromatic rings. The number of pyridine rings is 1. The molecule has 4 rings (SSSR count). The molecule has 3 heterocycles. The summed E-state index contributed by atoms with van der Waals surface area (Å²) in [5, 5.41) is 0. The van der Waals surface area contributed by atoms with Crippen LogP contribution in [0.2, 0.25) is 0 Å². The molecule has 0 bridgehead atoms. The van der Waals surface area contributed by atoms with E-state index in [9.17, 15) is 9.59 Å². The van der Waals surface area contributed by atoms with Crippen LogP contribution in [0.1, 0.15) is 28.9 Å². The van der Waals surface area contributed by atoms with Crippen LogP contribution in [0.15, 0.2) is 41.2 Å². The molecular formula is C23H29N3O4. The minimum atomic E-state index is -0.0937. The van der Waals surface area contributed by atoms with Crippen molar-refractivity contribution >= 4 is 11.6 Å². The minimum absolute atomic E-state index is 0.0136. The van der Waals surface area contributed by atoms with Gasteiger partial charge in [0.2, 0.25) is 0 Å². The molecule has 0 unspecified atom stereocenters. The van der Waals surface area contributed by atoms with Crippen LogP contribution in [0.5, 0.6) is 5.75 Å². The van der Waals surface area contributed by atoms with Crippen molar-refractivity contribution in [3.63, 3.8) is 0 Å². The molecule has 30 heavy (non-hydrogen) atoms. The Morgan fingerprint density at radius 2 is 1.70 bits per heavy atom. The van der Waals surface area contributed by atoms with Gasteiger partial charge in [-0.1, -0.05) is 0 Å². The second kappa shape index (κ2) is 8.52. The first-order valence-electron chi connectivity index (χ1n) is 10.5.